The molecule has 0 atom stereocenters. The quantitative estimate of drug-likeness (QED) is 0.457. The zero-order valence-electron chi connectivity index (χ0n) is 9.77. The predicted molar refractivity (Wildman–Crippen MR) is 66.8 cm³/mol. The Hall–Kier alpha value is -1.57. The minimum absolute atomic E-state index is 0.217. The first-order chi connectivity index (χ1) is 7.65. The highest BCUT2D eigenvalue weighted by Crippen LogP contribution is 2.38. The van der Waals surface area contributed by atoms with Crippen molar-refractivity contribution in [3.8, 4) is 0 Å². The number of hydrogen-bond acceptors (Lipinski definition) is 2. The third kappa shape index (κ3) is 1.87. The smallest absolute Gasteiger partial charge is 0.0536 e. The maximum absolute atomic E-state index is 8.72. The summed E-state index contributed by atoms with van der Waals surface area (Å²) in [4.78, 5) is 0. The Labute approximate surface area is 96.3 Å². The van der Waals surface area contributed by atoms with Gasteiger partial charge in [0.05, 0.1) is 6.21 Å². The monoisotopic (exact) mass is 215 g/mol. The van der Waals surface area contributed by atoms with Gasteiger partial charge < -0.3 is 5.21 Å². The van der Waals surface area contributed by atoms with Gasteiger partial charge in [0, 0.05) is 5.41 Å². The summed E-state index contributed by atoms with van der Waals surface area (Å²) in [6.45, 7) is 4.14. The van der Waals surface area contributed by atoms with E-state index in [1.54, 1.807) is 6.21 Å². The average Bonchev–Trinajstić information content (AvgIpc) is 2.28. The second kappa shape index (κ2) is 4.12. The SMILES string of the molecule is CC(C)(/C=N/O)C1=CCCc2ccccc21. The van der Waals surface area contributed by atoms with E-state index in [0.717, 1.165) is 12.8 Å². The molecule has 1 N–H and O–H groups in total. The van der Waals surface area contributed by atoms with Crippen LogP contribution in [0, 0.1) is 5.41 Å². The molecule has 1 aliphatic rings. The van der Waals surface area contributed by atoms with E-state index in [4.69, 9.17) is 5.21 Å². The molecule has 0 fully saturated rings. The fourth-order valence-corrected chi connectivity index (χ4v) is 2.31. The van der Waals surface area contributed by atoms with E-state index < -0.39 is 0 Å². The highest BCUT2D eigenvalue weighted by atomic mass is 16.4. The highest BCUT2D eigenvalue weighted by molar-refractivity contribution is 5.88. The van der Waals surface area contributed by atoms with Crippen LogP contribution in [0.2, 0.25) is 0 Å². The molecule has 1 aliphatic carbocycles. The van der Waals surface area contributed by atoms with E-state index in [9.17, 15) is 0 Å². The van der Waals surface area contributed by atoms with Gasteiger partial charge in [0.1, 0.15) is 0 Å². The zero-order chi connectivity index (χ0) is 11.6. The molecule has 1 aromatic rings. The molecular formula is C14H17NO. The molecule has 84 valence electrons. The van der Waals surface area contributed by atoms with Crippen molar-refractivity contribution >= 4 is 11.8 Å². The molecule has 2 nitrogen and oxygen atoms in total. The molecule has 0 saturated heterocycles. The van der Waals surface area contributed by atoms with Crippen LogP contribution in [0.5, 0.6) is 0 Å². The Balaban J connectivity index is 2.47. The summed E-state index contributed by atoms with van der Waals surface area (Å²) in [7, 11) is 0. The lowest BCUT2D eigenvalue weighted by atomic mass is 9.76. The Kier molecular flexibility index (Phi) is 2.82. The van der Waals surface area contributed by atoms with Crippen LogP contribution in [0.25, 0.3) is 5.57 Å². The van der Waals surface area contributed by atoms with Gasteiger partial charge in [0.25, 0.3) is 0 Å². The number of allylic oxidation sites excluding steroid dienone is 2. The largest absolute Gasteiger partial charge is 0.411 e. The topological polar surface area (TPSA) is 32.6 Å². The standard InChI is InChI=1S/C14H17NO/c1-14(2,10-15-16)13-9-5-7-11-6-3-4-8-12(11)13/h3-4,6,8-10,16H,5,7H2,1-2H3/b15-10+. The van der Waals surface area contributed by atoms with Crippen molar-refractivity contribution in [2.75, 3.05) is 0 Å². The number of benzene rings is 1. The molecule has 0 saturated carbocycles. The number of nitrogens with zero attached hydrogens (tertiary/aromatic N) is 1. The molecular weight excluding hydrogens is 198 g/mol. The van der Waals surface area contributed by atoms with Crippen LogP contribution in [0.3, 0.4) is 0 Å². The molecule has 16 heavy (non-hydrogen) atoms. The second-order valence-electron chi connectivity index (χ2n) is 4.78. The van der Waals surface area contributed by atoms with Crippen LogP contribution in [0.4, 0.5) is 0 Å². The van der Waals surface area contributed by atoms with Gasteiger partial charge in [0.2, 0.25) is 0 Å². The van der Waals surface area contributed by atoms with Crippen molar-refractivity contribution in [1.29, 1.82) is 0 Å². The number of aryl methyl sites for hydroxylation is 1. The van der Waals surface area contributed by atoms with Gasteiger partial charge in [-0.05, 0) is 29.5 Å². The summed E-state index contributed by atoms with van der Waals surface area (Å²) in [5.41, 5.74) is 3.72. The van der Waals surface area contributed by atoms with Gasteiger partial charge in [-0.2, -0.15) is 0 Å². The molecule has 0 bridgehead atoms. The lowest BCUT2D eigenvalue weighted by Crippen LogP contribution is -2.18. The third-order valence-electron chi connectivity index (χ3n) is 3.14. The highest BCUT2D eigenvalue weighted by Gasteiger charge is 2.25. The number of fused-ring (bicyclic) bond motifs is 1. The summed E-state index contributed by atoms with van der Waals surface area (Å²) in [6, 6.07) is 8.46. The molecule has 0 radical (unpaired) electrons. The predicted octanol–water partition coefficient (Wildman–Crippen LogP) is 3.50. The molecule has 0 heterocycles. The van der Waals surface area contributed by atoms with Gasteiger partial charge in [-0.15, -0.1) is 5.16 Å². The van der Waals surface area contributed by atoms with Crippen molar-refractivity contribution in [2.24, 2.45) is 10.6 Å². The number of hydrogen-bond donors (Lipinski definition) is 1. The van der Waals surface area contributed by atoms with Crippen LogP contribution < -0.4 is 0 Å². The van der Waals surface area contributed by atoms with E-state index >= 15 is 0 Å². The van der Waals surface area contributed by atoms with Gasteiger partial charge >= 0.3 is 0 Å². The molecule has 2 rings (SSSR count). The summed E-state index contributed by atoms with van der Waals surface area (Å²) >= 11 is 0. The van der Waals surface area contributed by atoms with E-state index in [1.807, 2.05) is 0 Å². The molecule has 1 aromatic carbocycles. The van der Waals surface area contributed by atoms with E-state index in [2.05, 4.69) is 49.3 Å². The summed E-state index contributed by atoms with van der Waals surface area (Å²) < 4.78 is 0. The molecule has 0 aromatic heterocycles. The van der Waals surface area contributed by atoms with Gasteiger partial charge in [0.15, 0.2) is 0 Å². The summed E-state index contributed by atoms with van der Waals surface area (Å²) in [5, 5.41) is 11.9. The van der Waals surface area contributed by atoms with Crippen molar-refractivity contribution in [1.82, 2.24) is 0 Å². The molecule has 2 heteroatoms. The molecule has 0 aliphatic heterocycles. The number of rotatable bonds is 2. The fourth-order valence-electron chi connectivity index (χ4n) is 2.31. The van der Waals surface area contributed by atoms with Crippen molar-refractivity contribution in [3.63, 3.8) is 0 Å². The lowest BCUT2D eigenvalue weighted by molar-refractivity contribution is 0.317. The van der Waals surface area contributed by atoms with Crippen LogP contribution in [0.1, 0.15) is 31.4 Å². The van der Waals surface area contributed by atoms with Crippen LogP contribution >= 0.6 is 0 Å². The van der Waals surface area contributed by atoms with Gasteiger partial charge in [-0.1, -0.05) is 44.2 Å². The fraction of sp³-hybridized carbons (Fsp3) is 0.357. The minimum atomic E-state index is -0.217. The molecule has 0 unspecified atom stereocenters. The molecule has 0 amide bonds. The van der Waals surface area contributed by atoms with Crippen LogP contribution in [-0.2, 0) is 6.42 Å². The van der Waals surface area contributed by atoms with E-state index in [0.29, 0.717) is 0 Å². The van der Waals surface area contributed by atoms with Crippen LogP contribution in [0.15, 0.2) is 35.5 Å². The van der Waals surface area contributed by atoms with Crippen molar-refractivity contribution in [2.45, 2.75) is 26.7 Å². The average molecular weight is 215 g/mol. The first-order valence-electron chi connectivity index (χ1n) is 5.62. The third-order valence-corrected chi connectivity index (χ3v) is 3.14. The summed E-state index contributed by atoms with van der Waals surface area (Å²) in [5.74, 6) is 0. The van der Waals surface area contributed by atoms with Crippen LogP contribution in [-0.4, -0.2) is 11.4 Å². The first kappa shape index (κ1) is 10.9. The van der Waals surface area contributed by atoms with E-state index in [1.165, 1.54) is 16.7 Å². The van der Waals surface area contributed by atoms with E-state index in [-0.39, 0.29) is 5.41 Å². The second-order valence-corrected chi connectivity index (χ2v) is 4.78. The molecule has 0 spiro atoms. The lowest BCUT2D eigenvalue weighted by Gasteiger charge is -2.28. The first-order valence-corrected chi connectivity index (χ1v) is 5.62. The van der Waals surface area contributed by atoms with Crippen molar-refractivity contribution < 1.29 is 5.21 Å². The van der Waals surface area contributed by atoms with Gasteiger partial charge in [-0.3, -0.25) is 0 Å². The van der Waals surface area contributed by atoms with Crippen molar-refractivity contribution in [3.05, 3.63) is 41.5 Å². The normalized spacial score (nSPS) is 16.0. The maximum atomic E-state index is 8.72. The Morgan fingerprint density at radius 2 is 2.06 bits per heavy atom. The maximum Gasteiger partial charge on any atom is 0.0536 e. The van der Waals surface area contributed by atoms with Gasteiger partial charge in [-0.25, -0.2) is 0 Å². The minimum Gasteiger partial charge on any atom is -0.411 e. The zero-order valence-corrected chi connectivity index (χ0v) is 9.77. The number of oxime groups is 1. The summed E-state index contributed by atoms with van der Waals surface area (Å²) in [6.07, 6.45) is 6.02. The Morgan fingerprint density at radius 3 is 2.81 bits per heavy atom. The Bertz CT molecular complexity index is 444. The Morgan fingerprint density at radius 1 is 1.31 bits per heavy atom.